The van der Waals surface area contributed by atoms with Crippen LogP contribution in [0.15, 0.2) is 30.3 Å². The molecule has 0 saturated carbocycles. The van der Waals surface area contributed by atoms with Crippen LogP contribution in [-0.2, 0) is 16.0 Å². The summed E-state index contributed by atoms with van der Waals surface area (Å²) in [6.45, 7) is 7.47. The van der Waals surface area contributed by atoms with Crippen molar-refractivity contribution < 1.29 is 9.53 Å². The molecule has 0 spiro atoms. The third kappa shape index (κ3) is 3.57. The molecule has 1 amide bonds. The van der Waals surface area contributed by atoms with E-state index in [4.69, 9.17) is 4.74 Å². The van der Waals surface area contributed by atoms with Crippen LogP contribution in [0.4, 0.5) is 0 Å². The topological polar surface area (TPSA) is 29.5 Å². The number of amides is 1. The Morgan fingerprint density at radius 2 is 2.05 bits per heavy atom. The minimum absolute atomic E-state index is 0.133. The van der Waals surface area contributed by atoms with E-state index in [1.54, 1.807) is 0 Å². The second-order valence-electron chi connectivity index (χ2n) is 5.92. The molecule has 19 heavy (non-hydrogen) atoms. The van der Waals surface area contributed by atoms with E-state index >= 15 is 0 Å². The molecule has 1 fully saturated rings. The predicted octanol–water partition coefficient (Wildman–Crippen LogP) is 2.65. The third-order valence-corrected chi connectivity index (χ3v) is 3.66. The second-order valence-corrected chi connectivity index (χ2v) is 5.92. The largest absolute Gasteiger partial charge is 0.374 e. The van der Waals surface area contributed by atoms with Crippen molar-refractivity contribution in [2.75, 3.05) is 13.2 Å². The number of aryl methyl sites for hydroxylation is 1. The summed E-state index contributed by atoms with van der Waals surface area (Å²) in [5, 5.41) is 0. The molecule has 1 saturated heterocycles. The van der Waals surface area contributed by atoms with Gasteiger partial charge in [0.2, 0.25) is 5.91 Å². The molecule has 3 nitrogen and oxygen atoms in total. The lowest BCUT2D eigenvalue weighted by atomic mass is 9.99. The Morgan fingerprint density at radius 1 is 1.37 bits per heavy atom. The zero-order valence-electron chi connectivity index (χ0n) is 12.1. The fraction of sp³-hybridized carbons (Fsp3) is 0.562. The molecule has 2 rings (SSSR count). The summed E-state index contributed by atoms with van der Waals surface area (Å²) in [4.78, 5) is 14.4. The van der Waals surface area contributed by atoms with Gasteiger partial charge in [0.25, 0.3) is 0 Å². The summed E-state index contributed by atoms with van der Waals surface area (Å²) in [6, 6.07) is 10.2. The molecule has 0 aliphatic carbocycles. The molecule has 3 heteroatoms. The molecular weight excluding hydrogens is 238 g/mol. The Kier molecular flexibility index (Phi) is 4.25. The second kappa shape index (κ2) is 5.74. The summed E-state index contributed by atoms with van der Waals surface area (Å²) in [5.41, 5.74) is 1.02. The maximum absolute atomic E-state index is 12.4. The summed E-state index contributed by atoms with van der Waals surface area (Å²) in [5.74, 6) is 0.226. The Morgan fingerprint density at radius 3 is 2.74 bits per heavy atom. The van der Waals surface area contributed by atoms with Crippen LogP contribution in [0.3, 0.4) is 0 Å². The highest BCUT2D eigenvalue weighted by Gasteiger charge is 2.36. The summed E-state index contributed by atoms with van der Waals surface area (Å²) >= 11 is 0. The quantitative estimate of drug-likeness (QED) is 0.837. The summed E-state index contributed by atoms with van der Waals surface area (Å²) in [7, 11) is 0. The number of nitrogens with zero attached hydrogens (tertiary/aromatic N) is 1. The highest BCUT2D eigenvalue weighted by atomic mass is 16.5. The van der Waals surface area contributed by atoms with E-state index < -0.39 is 0 Å². The lowest BCUT2D eigenvalue weighted by Crippen LogP contribution is -2.57. The monoisotopic (exact) mass is 261 g/mol. The standard InChI is InChI=1S/C16H23NO2/c1-13-11-17(16(2,3)12-19-13)15(18)10-9-14-7-5-4-6-8-14/h4-8,13H,9-12H2,1-3H3. The molecule has 1 aromatic carbocycles. The number of benzene rings is 1. The van der Waals surface area contributed by atoms with E-state index in [0.29, 0.717) is 19.6 Å². The van der Waals surface area contributed by atoms with Crippen LogP contribution in [0.25, 0.3) is 0 Å². The summed E-state index contributed by atoms with van der Waals surface area (Å²) in [6.07, 6.45) is 1.51. The smallest absolute Gasteiger partial charge is 0.223 e. The Bertz CT molecular complexity index is 428. The summed E-state index contributed by atoms with van der Waals surface area (Å²) < 4.78 is 5.64. The van der Waals surface area contributed by atoms with Gasteiger partial charge in [-0.1, -0.05) is 30.3 Å². The average Bonchev–Trinajstić information content (AvgIpc) is 2.40. The number of ether oxygens (including phenoxy) is 1. The van der Waals surface area contributed by atoms with Crippen molar-refractivity contribution in [2.45, 2.75) is 45.3 Å². The molecule has 1 aliphatic rings. The van der Waals surface area contributed by atoms with E-state index in [1.807, 2.05) is 30.0 Å². The van der Waals surface area contributed by atoms with Crippen LogP contribution in [-0.4, -0.2) is 35.6 Å². The fourth-order valence-electron chi connectivity index (χ4n) is 2.45. The molecule has 1 atom stereocenters. The highest BCUT2D eigenvalue weighted by Crippen LogP contribution is 2.23. The lowest BCUT2D eigenvalue weighted by molar-refractivity contribution is -0.152. The van der Waals surface area contributed by atoms with Gasteiger partial charge in [-0.05, 0) is 32.8 Å². The number of hydrogen-bond donors (Lipinski definition) is 0. The van der Waals surface area contributed by atoms with Crippen molar-refractivity contribution in [3.8, 4) is 0 Å². The number of hydrogen-bond acceptors (Lipinski definition) is 2. The van der Waals surface area contributed by atoms with Crippen LogP contribution in [0, 0.1) is 0 Å². The van der Waals surface area contributed by atoms with Crippen LogP contribution in [0.5, 0.6) is 0 Å². The van der Waals surface area contributed by atoms with Crippen LogP contribution >= 0.6 is 0 Å². The molecule has 1 heterocycles. The van der Waals surface area contributed by atoms with E-state index in [9.17, 15) is 4.79 Å². The fourth-order valence-corrected chi connectivity index (χ4v) is 2.45. The van der Waals surface area contributed by atoms with Gasteiger partial charge in [0.1, 0.15) is 0 Å². The molecule has 0 radical (unpaired) electrons. The first-order chi connectivity index (χ1) is 8.99. The van der Waals surface area contributed by atoms with Crippen molar-refractivity contribution in [1.29, 1.82) is 0 Å². The van der Waals surface area contributed by atoms with Gasteiger partial charge >= 0.3 is 0 Å². The van der Waals surface area contributed by atoms with E-state index in [1.165, 1.54) is 5.56 Å². The number of morpholine rings is 1. The first-order valence-electron chi connectivity index (χ1n) is 6.95. The zero-order valence-corrected chi connectivity index (χ0v) is 12.1. The first-order valence-corrected chi connectivity index (χ1v) is 6.95. The van der Waals surface area contributed by atoms with E-state index in [0.717, 1.165) is 6.42 Å². The van der Waals surface area contributed by atoms with Gasteiger partial charge in [0.15, 0.2) is 0 Å². The Labute approximate surface area is 115 Å². The minimum Gasteiger partial charge on any atom is -0.374 e. The van der Waals surface area contributed by atoms with Crippen molar-refractivity contribution in [3.05, 3.63) is 35.9 Å². The number of rotatable bonds is 3. The molecule has 0 aromatic heterocycles. The normalized spacial score (nSPS) is 22.3. The van der Waals surface area contributed by atoms with E-state index in [-0.39, 0.29) is 17.6 Å². The first kappa shape index (κ1) is 14.1. The third-order valence-electron chi connectivity index (χ3n) is 3.66. The van der Waals surface area contributed by atoms with Gasteiger partial charge in [-0.3, -0.25) is 4.79 Å². The molecular formula is C16H23NO2. The molecule has 0 N–H and O–H groups in total. The van der Waals surface area contributed by atoms with Gasteiger partial charge in [0, 0.05) is 13.0 Å². The minimum atomic E-state index is -0.194. The van der Waals surface area contributed by atoms with E-state index in [2.05, 4.69) is 26.0 Å². The lowest BCUT2D eigenvalue weighted by Gasteiger charge is -2.44. The zero-order chi connectivity index (χ0) is 13.9. The van der Waals surface area contributed by atoms with Crippen molar-refractivity contribution in [2.24, 2.45) is 0 Å². The van der Waals surface area contributed by atoms with Crippen molar-refractivity contribution in [1.82, 2.24) is 4.90 Å². The maximum Gasteiger partial charge on any atom is 0.223 e. The number of carbonyl (C=O) groups is 1. The SMILES string of the molecule is CC1CN(C(=O)CCc2ccccc2)C(C)(C)CO1. The molecule has 104 valence electrons. The van der Waals surface area contributed by atoms with Gasteiger partial charge in [-0.15, -0.1) is 0 Å². The Hall–Kier alpha value is -1.35. The van der Waals surface area contributed by atoms with Crippen LogP contribution in [0.1, 0.15) is 32.8 Å². The van der Waals surface area contributed by atoms with Gasteiger partial charge in [-0.25, -0.2) is 0 Å². The molecule has 1 unspecified atom stereocenters. The van der Waals surface area contributed by atoms with Gasteiger partial charge in [-0.2, -0.15) is 0 Å². The molecule has 1 aliphatic heterocycles. The predicted molar refractivity (Wildman–Crippen MR) is 76.0 cm³/mol. The Balaban J connectivity index is 1.95. The molecule has 0 bridgehead atoms. The van der Waals surface area contributed by atoms with Crippen molar-refractivity contribution in [3.63, 3.8) is 0 Å². The maximum atomic E-state index is 12.4. The van der Waals surface area contributed by atoms with Gasteiger partial charge in [0.05, 0.1) is 18.2 Å². The van der Waals surface area contributed by atoms with Crippen LogP contribution in [0.2, 0.25) is 0 Å². The van der Waals surface area contributed by atoms with Crippen molar-refractivity contribution >= 4 is 5.91 Å². The average molecular weight is 261 g/mol. The van der Waals surface area contributed by atoms with Crippen LogP contribution < -0.4 is 0 Å². The molecule has 1 aromatic rings. The number of carbonyl (C=O) groups excluding carboxylic acids is 1. The highest BCUT2D eigenvalue weighted by molar-refractivity contribution is 5.77. The van der Waals surface area contributed by atoms with Gasteiger partial charge < -0.3 is 9.64 Å².